The number of hydrogen-bond acceptors (Lipinski definition) is 3. The molecule has 0 bridgehead atoms. The molecule has 0 heterocycles. The van der Waals surface area contributed by atoms with Crippen LogP contribution in [-0.2, 0) is 0 Å². The van der Waals surface area contributed by atoms with Crippen LogP contribution in [0.4, 0.5) is 0 Å². The summed E-state index contributed by atoms with van der Waals surface area (Å²) in [5.74, 6) is 2.83. The number of aliphatic hydroxyl groups excluding tert-OH is 3. The molecule has 0 aromatic heterocycles. The molecule has 6 unspecified atom stereocenters. The second-order valence-corrected chi connectivity index (χ2v) is 14.7. The lowest BCUT2D eigenvalue weighted by Crippen LogP contribution is -2.66. The van der Waals surface area contributed by atoms with Crippen LogP contribution < -0.4 is 0 Å². The lowest BCUT2D eigenvalue weighted by Gasteiger charge is -2.73. The number of fused-ring (bicyclic) bond motifs is 7. The average Bonchev–Trinajstić information content (AvgIpc) is 3.09. The molecule has 11 atom stereocenters. The van der Waals surface area contributed by atoms with E-state index in [2.05, 4.69) is 41.5 Å². The van der Waals surface area contributed by atoms with E-state index < -0.39 is 6.10 Å². The van der Waals surface area contributed by atoms with Crippen molar-refractivity contribution in [3.8, 4) is 0 Å². The van der Waals surface area contributed by atoms with E-state index in [4.69, 9.17) is 0 Å². The van der Waals surface area contributed by atoms with Gasteiger partial charge in [0.05, 0.1) is 18.8 Å². The summed E-state index contributed by atoms with van der Waals surface area (Å²) in [6.45, 7) is 15.0. The monoisotopic (exact) mass is 446 g/mol. The van der Waals surface area contributed by atoms with Crippen molar-refractivity contribution in [3.63, 3.8) is 0 Å². The maximum Gasteiger partial charge on any atom is 0.0801 e. The summed E-state index contributed by atoms with van der Waals surface area (Å²) < 4.78 is 0. The Kier molecular flexibility index (Phi) is 5.31. The second-order valence-electron chi connectivity index (χ2n) is 14.7. The molecule has 3 heteroatoms. The van der Waals surface area contributed by atoms with Gasteiger partial charge in [0, 0.05) is 0 Å². The maximum atomic E-state index is 10.9. The predicted octanol–water partition coefficient (Wildman–Crippen LogP) is 5.80. The zero-order chi connectivity index (χ0) is 23.3. The number of rotatable bonds is 2. The highest BCUT2D eigenvalue weighted by atomic mass is 16.3. The van der Waals surface area contributed by atoms with Crippen molar-refractivity contribution in [1.82, 2.24) is 0 Å². The number of aliphatic hydroxyl groups is 3. The Bertz CT molecular complexity index is 749. The van der Waals surface area contributed by atoms with E-state index in [0.29, 0.717) is 39.4 Å². The van der Waals surface area contributed by atoms with Crippen molar-refractivity contribution >= 4 is 0 Å². The smallest absolute Gasteiger partial charge is 0.0801 e. The van der Waals surface area contributed by atoms with Crippen molar-refractivity contribution in [2.45, 2.75) is 118 Å². The van der Waals surface area contributed by atoms with E-state index in [1.54, 1.807) is 0 Å². The Morgan fingerprint density at radius 2 is 1.47 bits per heavy atom. The summed E-state index contributed by atoms with van der Waals surface area (Å²) in [5.41, 5.74) is 1.32. The summed E-state index contributed by atoms with van der Waals surface area (Å²) in [6, 6.07) is 0. The van der Waals surface area contributed by atoms with Crippen LogP contribution in [0.15, 0.2) is 0 Å². The molecule has 3 N–H and O–H groups in total. The van der Waals surface area contributed by atoms with Crippen LogP contribution in [0.3, 0.4) is 0 Å². The van der Waals surface area contributed by atoms with E-state index in [9.17, 15) is 15.3 Å². The molecule has 0 radical (unpaired) electrons. The van der Waals surface area contributed by atoms with Crippen LogP contribution in [0, 0.1) is 56.7 Å². The largest absolute Gasteiger partial charge is 0.394 e. The van der Waals surface area contributed by atoms with Gasteiger partial charge in [0.2, 0.25) is 0 Å². The minimum Gasteiger partial charge on any atom is -0.394 e. The maximum absolute atomic E-state index is 10.9. The standard InChI is InChI=1S/C29H50O3/c1-25(2)21-10-14-29(6)22(27(21,4)13-11-23(25)32)8-7-19-24-18(20(31)17-30)9-12-26(24,3)15-16-28(19,29)5/h18-24,30-32H,7-17H2,1-6H3/t18?,19?,20?,21?,22?,23-,24?,26+,27-,28+,29+/m0/s1. The third kappa shape index (κ3) is 2.77. The summed E-state index contributed by atoms with van der Waals surface area (Å²) in [4.78, 5) is 0. The number of hydrogen-bond donors (Lipinski definition) is 3. The third-order valence-corrected chi connectivity index (χ3v) is 13.6. The van der Waals surface area contributed by atoms with E-state index in [-0.39, 0.29) is 24.0 Å². The van der Waals surface area contributed by atoms with Crippen LogP contribution >= 0.6 is 0 Å². The molecule has 5 rings (SSSR count). The minimum atomic E-state index is -0.552. The first kappa shape index (κ1) is 23.6. The van der Waals surface area contributed by atoms with Gasteiger partial charge in [-0.25, -0.2) is 0 Å². The molecular formula is C29H50O3. The molecule has 0 saturated heterocycles. The van der Waals surface area contributed by atoms with Crippen LogP contribution in [0.1, 0.15) is 106 Å². The van der Waals surface area contributed by atoms with Crippen molar-refractivity contribution in [2.24, 2.45) is 56.7 Å². The molecule has 184 valence electrons. The second kappa shape index (κ2) is 7.20. The van der Waals surface area contributed by atoms with Crippen LogP contribution in [0.5, 0.6) is 0 Å². The highest BCUT2D eigenvalue weighted by molar-refractivity contribution is 5.19. The molecule has 0 aliphatic heterocycles. The average molecular weight is 447 g/mol. The van der Waals surface area contributed by atoms with Gasteiger partial charge < -0.3 is 15.3 Å². The minimum absolute atomic E-state index is 0.0129. The van der Waals surface area contributed by atoms with E-state index >= 15 is 0 Å². The topological polar surface area (TPSA) is 60.7 Å². The Balaban J connectivity index is 1.53. The van der Waals surface area contributed by atoms with Crippen molar-refractivity contribution in [2.75, 3.05) is 6.61 Å². The van der Waals surface area contributed by atoms with Gasteiger partial charge in [-0.05, 0) is 121 Å². The van der Waals surface area contributed by atoms with Gasteiger partial charge in [0.15, 0.2) is 0 Å². The van der Waals surface area contributed by atoms with Gasteiger partial charge in [0.1, 0.15) is 0 Å². The molecule has 0 aromatic rings. The molecule has 0 aromatic carbocycles. The summed E-state index contributed by atoms with van der Waals surface area (Å²) in [6.07, 6.45) is 11.5. The molecule has 3 nitrogen and oxygen atoms in total. The van der Waals surface area contributed by atoms with Crippen LogP contribution in [-0.4, -0.2) is 34.1 Å². The highest BCUT2D eigenvalue weighted by Gasteiger charge is 2.70. The quantitative estimate of drug-likeness (QED) is 0.502. The summed E-state index contributed by atoms with van der Waals surface area (Å²) in [7, 11) is 0. The van der Waals surface area contributed by atoms with Crippen LogP contribution in [0.25, 0.3) is 0 Å². The van der Waals surface area contributed by atoms with E-state index in [0.717, 1.165) is 18.8 Å². The Morgan fingerprint density at radius 3 is 2.16 bits per heavy atom. The molecule has 0 spiro atoms. The molecule has 5 aliphatic rings. The van der Waals surface area contributed by atoms with E-state index in [1.165, 1.54) is 51.4 Å². The fraction of sp³-hybridized carbons (Fsp3) is 1.00. The summed E-state index contributed by atoms with van der Waals surface area (Å²) >= 11 is 0. The first-order valence-corrected chi connectivity index (χ1v) is 13.8. The zero-order valence-electron chi connectivity index (χ0n) is 21.7. The predicted molar refractivity (Wildman–Crippen MR) is 129 cm³/mol. The van der Waals surface area contributed by atoms with Gasteiger partial charge in [-0.2, -0.15) is 0 Å². The molecule has 5 fully saturated rings. The van der Waals surface area contributed by atoms with Gasteiger partial charge in [-0.3, -0.25) is 0 Å². The zero-order valence-corrected chi connectivity index (χ0v) is 21.7. The first-order chi connectivity index (χ1) is 14.8. The summed E-state index contributed by atoms with van der Waals surface area (Å²) in [5, 5.41) is 31.5. The Morgan fingerprint density at radius 1 is 0.750 bits per heavy atom. The highest BCUT2D eigenvalue weighted by Crippen LogP contribution is 2.77. The SMILES string of the molecule is CC1(C)C2CC[C@]3(C)C(CCC4C5C(C(O)CO)CC[C@]5(C)CC[C@]43C)[C@@]2(C)CC[C@@H]1O. The lowest BCUT2D eigenvalue weighted by molar-refractivity contribution is -0.249. The van der Waals surface area contributed by atoms with Gasteiger partial charge in [-0.15, -0.1) is 0 Å². The van der Waals surface area contributed by atoms with Crippen molar-refractivity contribution in [3.05, 3.63) is 0 Å². The van der Waals surface area contributed by atoms with Gasteiger partial charge in [0.25, 0.3) is 0 Å². The van der Waals surface area contributed by atoms with Crippen molar-refractivity contribution < 1.29 is 15.3 Å². The third-order valence-electron chi connectivity index (χ3n) is 13.6. The first-order valence-electron chi connectivity index (χ1n) is 13.8. The van der Waals surface area contributed by atoms with Gasteiger partial charge in [-0.1, -0.05) is 41.5 Å². The molecular weight excluding hydrogens is 396 g/mol. The van der Waals surface area contributed by atoms with Gasteiger partial charge >= 0.3 is 0 Å². The van der Waals surface area contributed by atoms with Crippen molar-refractivity contribution in [1.29, 1.82) is 0 Å². The fourth-order valence-corrected chi connectivity index (χ4v) is 11.6. The Hall–Kier alpha value is -0.120. The Labute approximate surface area is 196 Å². The van der Waals surface area contributed by atoms with E-state index in [1.807, 2.05) is 0 Å². The molecule has 0 amide bonds. The lowest BCUT2D eigenvalue weighted by atomic mass is 9.32. The molecule has 5 saturated carbocycles. The van der Waals surface area contributed by atoms with Crippen LogP contribution in [0.2, 0.25) is 0 Å². The normalized spacial score (nSPS) is 57.7. The molecule has 32 heavy (non-hydrogen) atoms. The fourth-order valence-electron chi connectivity index (χ4n) is 11.6. The molecule has 5 aliphatic carbocycles.